The van der Waals surface area contributed by atoms with Gasteiger partial charge in [0.1, 0.15) is 17.8 Å². The molecule has 8 nitrogen and oxygen atoms in total. The molecule has 10 heteroatoms. The maximum Gasteiger partial charge on any atom is 0.420 e. The highest BCUT2D eigenvalue weighted by molar-refractivity contribution is 6.33. The van der Waals surface area contributed by atoms with Crippen LogP contribution in [0.2, 0.25) is 10.0 Å². The normalized spacial score (nSPS) is 15.9. The minimum absolute atomic E-state index is 0.0147. The number of amides is 2. The van der Waals surface area contributed by atoms with Gasteiger partial charge in [-0.2, -0.15) is 0 Å². The zero-order chi connectivity index (χ0) is 25.7. The summed E-state index contributed by atoms with van der Waals surface area (Å²) in [4.78, 5) is 33.2. The Morgan fingerprint density at radius 2 is 1.63 bits per heavy atom. The quantitative estimate of drug-likeness (QED) is 0.415. The van der Waals surface area contributed by atoms with Gasteiger partial charge in [-0.15, -0.1) is 0 Å². The van der Waals surface area contributed by atoms with E-state index < -0.39 is 17.3 Å². The smallest absolute Gasteiger partial charge is 0.420 e. The van der Waals surface area contributed by atoms with E-state index in [9.17, 15) is 9.59 Å². The number of aromatic nitrogens is 1. The molecule has 35 heavy (non-hydrogen) atoms. The lowest BCUT2D eigenvalue weighted by molar-refractivity contribution is 0.00818. The summed E-state index contributed by atoms with van der Waals surface area (Å²) in [6.07, 6.45) is 0.540. The van der Waals surface area contributed by atoms with E-state index in [0.717, 1.165) is 5.56 Å². The molecule has 1 aromatic heterocycles. The number of pyridine rings is 1. The first-order valence-electron chi connectivity index (χ1n) is 11.3. The van der Waals surface area contributed by atoms with Crippen molar-refractivity contribution in [1.82, 2.24) is 9.88 Å². The molecule has 2 amide bonds. The van der Waals surface area contributed by atoms with Gasteiger partial charge in [0.2, 0.25) is 0 Å². The zero-order valence-corrected chi connectivity index (χ0v) is 22.2. The van der Waals surface area contributed by atoms with E-state index in [0.29, 0.717) is 46.0 Å². The molecule has 0 spiro atoms. The lowest BCUT2D eigenvalue weighted by Crippen LogP contribution is -2.50. The van der Waals surface area contributed by atoms with Gasteiger partial charge >= 0.3 is 12.2 Å². The minimum atomic E-state index is -0.744. The van der Waals surface area contributed by atoms with Crippen molar-refractivity contribution in [2.24, 2.45) is 0 Å². The monoisotopic (exact) mass is 521 g/mol. The van der Waals surface area contributed by atoms with Crippen molar-refractivity contribution in [2.75, 3.05) is 18.0 Å². The summed E-state index contributed by atoms with van der Waals surface area (Å²) in [5.74, 6) is 0.669. The number of halogens is 2. The Hall–Kier alpha value is -2.71. The summed E-state index contributed by atoms with van der Waals surface area (Å²) >= 11 is 13.1. The average Bonchev–Trinajstić information content (AvgIpc) is 2.82. The standard InChI is InChI=1S/C25H29Cl2N3O5/c1-24(2,3)34-22(31)29-11-15(12-29)14-9-18(27)20-19(10-14)30(23(32)35-25(4,5)6)21-16(13-33-20)17(26)7-8-28-21/h7-10,15H,11-13H2,1-6H3. The van der Waals surface area contributed by atoms with Gasteiger partial charge in [-0.1, -0.05) is 23.2 Å². The number of hydrogen-bond acceptors (Lipinski definition) is 6. The zero-order valence-electron chi connectivity index (χ0n) is 20.6. The van der Waals surface area contributed by atoms with Gasteiger partial charge in [0.25, 0.3) is 0 Å². The number of benzene rings is 1. The molecule has 3 heterocycles. The fraction of sp³-hybridized carbons (Fsp3) is 0.480. The molecule has 4 rings (SSSR count). The summed E-state index contributed by atoms with van der Waals surface area (Å²) in [5.41, 5.74) is 0.505. The molecule has 0 N–H and O–H groups in total. The van der Waals surface area contributed by atoms with Crippen LogP contribution in [-0.2, 0) is 16.1 Å². The van der Waals surface area contributed by atoms with Gasteiger partial charge in [-0.05, 0) is 65.3 Å². The predicted molar refractivity (Wildman–Crippen MR) is 134 cm³/mol. The van der Waals surface area contributed by atoms with Crippen LogP contribution in [0.1, 0.15) is 58.6 Å². The minimum Gasteiger partial charge on any atom is -0.485 e. The molecular weight excluding hydrogens is 493 g/mol. The van der Waals surface area contributed by atoms with E-state index >= 15 is 0 Å². The van der Waals surface area contributed by atoms with E-state index in [1.54, 1.807) is 37.8 Å². The largest absolute Gasteiger partial charge is 0.485 e. The van der Waals surface area contributed by atoms with Crippen LogP contribution in [0.15, 0.2) is 24.4 Å². The topological polar surface area (TPSA) is 81.2 Å². The van der Waals surface area contributed by atoms with E-state index in [1.807, 2.05) is 26.8 Å². The summed E-state index contributed by atoms with van der Waals surface area (Å²) in [6.45, 7) is 11.9. The van der Waals surface area contributed by atoms with Crippen molar-refractivity contribution in [3.8, 4) is 5.75 Å². The third-order valence-corrected chi connectivity index (χ3v) is 6.05. The summed E-state index contributed by atoms with van der Waals surface area (Å²) in [6, 6.07) is 5.27. The molecule has 0 radical (unpaired) electrons. The maximum atomic E-state index is 13.4. The van der Waals surface area contributed by atoms with Crippen molar-refractivity contribution in [2.45, 2.75) is 65.3 Å². The van der Waals surface area contributed by atoms with Gasteiger partial charge in [0.15, 0.2) is 11.6 Å². The molecule has 0 bridgehead atoms. The van der Waals surface area contributed by atoms with Gasteiger partial charge in [-0.3, -0.25) is 0 Å². The average molecular weight is 522 g/mol. The number of hydrogen-bond donors (Lipinski definition) is 0. The molecule has 2 aliphatic heterocycles. The molecule has 0 saturated carbocycles. The molecule has 0 unspecified atom stereocenters. The van der Waals surface area contributed by atoms with E-state index in [-0.39, 0.29) is 18.6 Å². The summed E-state index contributed by atoms with van der Waals surface area (Å²) < 4.78 is 17.2. The second-order valence-corrected chi connectivity index (χ2v) is 11.4. The highest BCUT2D eigenvalue weighted by Gasteiger charge is 2.38. The Morgan fingerprint density at radius 1 is 1.00 bits per heavy atom. The van der Waals surface area contributed by atoms with Gasteiger partial charge in [-0.25, -0.2) is 19.5 Å². The van der Waals surface area contributed by atoms with E-state index in [4.69, 9.17) is 37.4 Å². The van der Waals surface area contributed by atoms with Gasteiger partial charge in [0, 0.05) is 25.2 Å². The fourth-order valence-electron chi connectivity index (χ4n) is 3.84. The number of fused-ring (bicyclic) bond motifs is 2. The SMILES string of the molecule is CC(C)(C)OC(=O)N1CC(c2cc(Cl)c3c(c2)N(C(=O)OC(C)(C)C)c2nccc(Cl)c2CO3)C1. The van der Waals surface area contributed by atoms with Crippen LogP contribution in [0.3, 0.4) is 0 Å². The van der Waals surface area contributed by atoms with Gasteiger partial charge < -0.3 is 19.1 Å². The molecule has 2 aliphatic rings. The second-order valence-electron chi connectivity index (χ2n) is 10.6. The van der Waals surface area contributed by atoms with Crippen molar-refractivity contribution in [3.05, 3.63) is 45.6 Å². The summed E-state index contributed by atoms with van der Waals surface area (Å²) in [7, 11) is 0. The lowest BCUT2D eigenvalue weighted by atomic mass is 9.91. The fourth-order valence-corrected chi connectivity index (χ4v) is 4.32. The molecular formula is C25H29Cl2N3O5. The van der Waals surface area contributed by atoms with Crippen LogP contribution in [0.25, 0.3) is 0 Å². The van der Waals surface area contributed by atoms with Crippen LogP contribution in [0, 0.1) is 0 Å². The van der Waals surface area contributed by atoms with Gasteiger partial charge in [0.05, 0.1) is 21.3 Å². The van der Waals surface area contributed by atoms with Crippen molar-refractivity contribution in [1.29, 1.82) is 0 Å². The Morgan fingerprint density at radius 3 is 2.26 bits per heavy atom. The first-order chi connectivity index (χ1) is 16.2. The number of carbonyl (C=O) groups excluding carboxylic acids is 2. The highest BCUT2D eigenvalue weighted by atomic mass is 35.5. The van der Waals surface area contributed by atoms with Crippen LogP contribution in [0.5, 0.6) is 5.75 Å². The Labute approximate surface area is 215 Å². The molecule has 1 fully saturated rings. The number of carbonyl (C=O) groups is 2. The molecule has 2 aromatic rings. The number of nitrogens with zero attached hydrogens (tertiary/aromatic N) is 3. The molecule has 188 valence electrons. The van der Waals surface area contributed by atoms with Crippen LogP contribution < -0.4 is 9.64 Å². The van der Waals surface area contributed by atoms with Crippen LogP contribution in [-0.4, -0.2) is 46.4 Å². The Bertz CT molecular complexity index is 1170. The van der Waals surface area contributed by atoms with Crippen molar-refractivity contribution >= 4 is 46.9 Å². The Balaban J connectivity index is 1.71. The Kier molecular flexibility index (Phi) is 6.57. The lowest BCUT2D eigenvalue weighted by Gasteiger charge is -2.40. The highest BCUT2D eigenvalue weighted by Crippen LogP contribution is 2.47. The summed E-state index contributed by atoms with van der Waals surface area (Å²) in [5, 5.41) is 0.755. The van der Waals surface area contributed by atoms with Crippen LogP contribution >= 0.6 is 23.2 Å². The molecule has 0 aliphatic carbocycles. The number of ether oxygens (including phenoxy) is 3. The molecule has 1 saturated heterocycles. The first kappa shape index (κ1) is 25.4. The molecule has 1 aromatic carbocycles. The third-order valence-electron chi connectivity index (χ3n) is 5.42. The van der Waals surface area contributed by atoms with E-state index in [2.05, 4.69) is 4.98 Å². The number of rotatable bonds is 1. The second kappa shape index (κ2) is 9.06. The van der Waals surface area contributed by atoms with Crippen molar-refractivity contribution in [3.63, 3.8) is 0 Å². The third kappa shape index (κ3) is 5.43. The van der Waals surface area contributed by atoms with E-state index in [1.165, 1.54) is 11.1 Å². The van der Waals surface area contributed by atoms with Crippen molar-refractivity contribution < 1.29 is 23.8 Å². The van der Waals surface area contributed by atoms with Crippen LogP contribution in [0.4, 0.5) is 21.1 Å². The first-order valence-corrected chi connectivity index (χ1v) is 12.1. The number of likely N-dealkylation sites (tertiary alicyclic amines) is 1. The predicted octanol–water partition coefficient (Wildman–Crippen LogP) is 6.69. The molecule has 0 atom stereocenters. The maximum absolute atomic E-state index is 13.4. The number of anilines is 2.